The molecule has 0 heterocycles. The molecule has 4 heteroatoms. The third-order valence-corrected chi connectivity index (χ3v) is 7.19. The molecule has 0 bridgehead atoms. The maximum absolute atomic E-state index is 13.8. The lowest BCUT2D eigenvalue weighted by Gasteiger charge is -2.23. The fourth-order valence-electron chi connectivity index (χ4n) is 5.32. The molecule has 1 amide bonds. The predicted octanol–water partition coefficient (Wildman–Crippen LogP) is 7.55. The smallest absolute Gasteiger partial charge is 0.224 e. The lowest BCUT2D eigenvalue weighted by atomic mass is 9.82. The molecule has 3 atom stereocenters. The van der Waals surface area contributed by atoms with Gasteiger partial charge >= 0.3 is 0 Å². The van der Waals surface area contributed by atoms with Crippen LogP contribution < -0.4 is 5.32 Å². The Kier molecular flexibility index (Phi) is 6.64. The number of nitrogens with one attached hydrogen (secondary N) is 1. The van der Waals surface area contributed by atoms with E-state index in [1.807, 2.05) is 32.0 Å². The number of fused-ring (bicyclic) bond motifs is 1. The van der Waals surface area contributed by atoms with Crippen molar-refractivity contribution in [2.75, 3.05) is 5.32 Å². The van der Waals surface area contributed by atoms with Gasteiger partial charge in [0, 0.05) is 18.2 Å². The van der Waals surface area contributed by atoms with Crippen LogP contribution in [0.15, 0.2) is 54.6 Å². The van der Waals surface area contributed by atoms with Crippen molar-refractivity contribution in [1.82, 2.24) is 0 Å². The van der Waals surface area contributed by atoms with Crippen LogP contribution in [0.3, 0.4) is 0 Å². The summed E-state index contributed by atoms with van der Waals surface area (Å²) in [5.74, 6) is -0.729. The molecule has 2 nitrogen and oxygen atoms in total. The van der Waals surface area contributed by atoms with Crippen LogP contribution in [0.2, 0.25) is 0 Å². The van der Waals surface area contributed by atoms with Crippen molar-refractivity contribution in [1.29, 1.82) is 0 Å². The van der Waals surface area contributed by atoms with Gasteiger partial charge in [0.25, 0.3) is 0 Å². The van der Waals surface area contributed by atoms with E-state index in [1.54, 1.807) is 0 Å². The summed E-state index contributed by atoms with van der Waals surface area (Å²) < 4.78 is 27.6. The Morgan fingerprint density at radius 2 is 1.67 bits per heavy atom. The van der Waals surface area contributed by atoms with E-state index in [0.717, 1.165) is 41.3 Å². The number of rotatable bonds is 6. The topological polar surface area (TPSA) is 29.1 Å². The summed E-state index contributed by atoms with van der Waals surface area (Å²) in [6, 6.07) is 16.0. The third-order valence-electron chi connectivity index (χ3n) is 7.19. The first kappa shape index (κ1) is 23.2. The Labute approximate surface area is 195 Å². The van der Waals surface area contributed by atoms with Gasteiger partial charge in [0.05, 0.1) is 0 Å². The minimum Gasteiger partial charge on any atom is -0.326 e. The van der Waals surface area contributed by atoms with E-state index in [1.165, 1.54) is 23.3 Å². The zero-order chi connectivity index (χ0) is 23.7. The van der Waals surface area contributed by atoms with Crippen molar-refractivity contribution < 1.29 is 13.6 Å². The highest BCUT2D eigenvalue weighted by atomic mass is 19.1. The molecule has 3 aromatic carbocycles. The number of benzene rings is 3. The summed E-state index contributed by atoms with van der Waals surface area (Å²) in [4.78, 5) is 12.8. The fraction of sp³-hybridized carbons (Fsp3) is 0.345. The minimum atomic E-state index is -0.537. The molecule has 0 spiro atoms. The molecule has 4 rings (SSSR count). The number of hydrogen-bond acceptors (Lipinski definition) is 1. The van der Waals surface area contributed by atoms with Gasteiger partial charge in [-0.3, -0.25) is 4.79 Å². The van der Waals surface area contributed by atoms with Crippen LogP contribution in [-0.4, -0.2) is 5.91 Å². The second-order valence-corrected chi connectivity index (χ2v) is 9.46. The van der Waals surface area contributed by atoms with Crippen molar-refractivity contribution in [3.05, 3.63) is 99.6 Å². The first-order valence-corrected chi connectivity index (χ1v) is 11.7. The quantitative estimate of drug-likeness (QED) is 0.415. The highest BCUT2D eigenvalue weighted by molar-refractivity contribution is 5.93. The molecule has 1 aliphatic rings. The van der Waals surface area contributed by atoms with Crippen LogP contribution in [-0.2, 0) is 11.2 Å². The lowest BCUT2D eigenvalue weighted by molar-refractivity contribution is -0.116. The molecule has 0 saturated heterocycles. The largest absolute Gasteiger partial charge is 0.326 e. The average molecular weight is 448 g/mol. The Bertz CT molecular complexity index is 1150. The van der Waals surface area contributed by atoms with Gasteiger partial charge in [-0.2, -0.15) is 0 Å². The fourth-order valence-corrected chi connectivity index (χ4v) is 5.32. The van der Waals surface area contributed by atoms with Crippen molar-refractivity contribution in [2.24, 2.45) is 0 Å². The van der Waals surface area contributed by atoms with Crippen LogP contribution in [0.4, 0.5) is 14.5 Å². The second kappa shape index (κ2) is 9.46. The molecule has 0 aliphatic heterocycles. The Morgan fingerprint density at radius 3 is 2.33 bits per heavy atom. The maximum Gasteiger partial charge on any atom is 0.224 e. The summed E-state index contributed by atoms with van der Waals surface area (Å²) in [5.41, 5.74) is 7.35. The Hall–Kier alpha value is -3.01. The molecule has 0 saturated carbocycles. The van der Waals surface area contributed by atoms with E-state index in [4.69, 9.17) is 0 Å². The molecule has 0 aromatic heterocycles. The van der Waals surface area contributed by atoms with Gasteiger partial charge < -0.3 is 5.32 Å². The van der Waals surface area contributed by atoms with Gasteiger partial charge in [0.15, 0.2) is 0 Å². The number of anilines is 1. The molecular weight excluding hydrogens is 416 g/mol. The van der Waals surface area contributed by atoms with Crippen LogP contribution in [0.25, 0.3) is 0 Å². The van der Waals surface area contributed by atoms with Gasteiger partial charge in [-0.1, -0.05) is 50.2 Å². The van der Waals surface area contributed by atoms with Crippen LogP contribution in [0.1, 0.15) is 77.8 Å². The van der Waals surface area contributed by atoms with E-state index in [0.29, 0.717) is 12.0 Å². The Morgan fingerprint density at radius 1 is 1.00 bits per heavy atom. The summed E-state index contributed by atoms with van der Waals surface area (Å²) in [7, 11) is 0. The Balaban J connectivity index is 1.54. The number of carbonyl (C=O) groups excluding carboxylic acids is 1. The monoisotopic (exact) mass is 447 g/mol. The van der Waals surface area contributed by atoms with Crippen molar-refractivity contribution in [2.45, 2.75) is 64.7 Å². The highest BCUT2D eigenvalue weighted by Crippen LogP contribution is 2.46. The molecule has 33 heavy (non-hydrogen) atoms. The number of aryl methyl sites for hydroxylation is 1. The molecule has 3 aromatic rings. The normalized spacial score (nSPS) is 16.8. The first-order valence-electron chi connectivity index (χ1n) is 11.7. The highest BCUT2D eigenvalue weighted by Gasteiger charge is 2.31. The lowest BCUT2D eigenvalue weighted by Crippen LogP contribution is -2.17. The van der Waals surface area contributed by atoms with Crippen LogP contribution in [0, 0.1) is 25.5 Å². The summed E-state index contributed by atoms with van der Waals surface area (Å²) >= 11 is 0. The number of halogens is 2. The van der Waals surface area contributed by atoms with Crippen molar-refractivity contribution in [3.63, 3.8) is 0 Å². The minimum absolute atomic E-state index is 0.00223. The maximum atomic E-state index is 13.8. The summed E-state index contributed by atoms with van der Waals surface area (Å²) in [5, 5.41) is 3.16. The summed E-state index contributed by atoms with van der Waals surface area (Å²) in [6.45, 7) is 8.19. The zero-order valence-corrected chi connectivity index (χ0v) is 19.7. The second-order valence-electron chi connectivity index (χ2n) is 9.46. The molecule has 0 radical (unpaired) electrons. The predicted molar refractivity (Wildman–Crippen MR) is 130 cm³/mol. The molecule has 3 unspecified atom stereocenters. The molecular formula is C29H31F2NO. The van der Waals surface area contributed by atoms with Crippen LogP contribution in [0.5, 0.6) is 0 Å². The zero-order valence-electron chi connectivity index (χ0n) is 19.7. The van der Waals surface area contributed by atoms with Gasteiger partial charge in [-0.25, -0.2) is 8.78 Å². The van der Waals surface area contributed by atoms with Gasteiger partial charge in [0.2, 0.25) is 5.91 Å². The van der Waals surface area contributed by atoms with Gasteiger partial charge in [-0.15, -0.1) is 0 Å². The molecule has 1 aliphatic carbocycles. The molecule has 172 valence electrons. The van der Waals surface area contributed by atoms with Gasteiger partial charge in [-0.05, 0) is 90.0 Å². The molecule has 1 N–H and O–H groups in total. The number of amides is 1. The SMILES string of the molecule is Cc1cc2c(c(C)c1NC(=O)CC(C)c1ccccc1)CCC2C(C)c1cc(F)cc(F)c1. The average Bonchev–Trinajstić information content (AvgIpc) is 3.19. The van der Waals surface area contributed by atoms with E-state index in [9.17, 15) is 13.6 Å². The standard InChI is InChI=1S/C29H31F2NO/c1-17(21-8-6-5-7-9-21)13-28(33)32-29-18(2)12-27-25(10-11-26(27)20(29)4)19(3)22-14-23(30)16-24(31)15-22/h5-9,12,14-17,19,25H,10-11,13H2,1-4H3,(H,32,33). The van der Waals surface area contributed by atoms with Gasteiger partial charge in [0.1, 0.15) is 11.6 Å². The van der Waals surface area contributed by atoms with E-state index in [-0.39, 0.29) is 23.7 Å². The van der Waals surface area contributed by atoms with Crippen molar-refractivity contribution in [3.8, 4) is 0 Å². The van der Waals surface area contributed by atoms with E-state index < -0.39 is 11.6 Å². The molecule has 0 fully saturated rings. The number of carbonyl (C=O) groups is 1. The third kappa shape index (κ3) is 4.85. The van der Waals surface area contributed by atoms with E-state index in [2.05, 4.69) is 37.4 Å². The summed E-state index contributed by atoms with van der Waals surface area (Å²) in [6.07, 6.45) is 2.25. The van der Waals surface area contributed by atoms with E-state index >= 15 is 0 Å². The first-order chi connectivity index (χ1) is 15.7. The number of hydrogen-bond donors (Lipinski definition) is 1. The van der Waals surface area contributed by atoms with Crippen molar-refractivity contribution >= 4 is 11.6 Å². The van der Waals surface area contributed by atoms with Crippen LogP contribution >= 0.6 is 0 Å².